The molecule has 3 rings (SSSR count). The zero-order valence-corrected chi connectivity index (χ0v) is 14.3. The van der Waals surface area contributed by atoms with E-state index in [0.29, 0.717) is 10.9 Å². The molecule has 2 aromatic carbocycles. The molecule has 0 fully saturated rings. The monoisotopic (exact) mass is 388 g/mol. The summed E-state index contributed by atoms with van der Waals surface area (Å²) in [5, 5.41) is 11.7. The Balaban J connectivity index is 2.23. The molecule has 1 atom stereocenters. The van der Waals surface area contributed by atoms with E-state index >= 15 is 0 Å². The number of aromatic nitrogens is 1. The number of halogens is 1. The lowest BCUT2D eigenvalue weighted by Crippen LogP contribution is -2.21. The molecule has 122 valence electrons. The molecule has 0 saturated heterocycles. The van der Waals surface area contributed by atoms with Gasteiger partial charge in [0.2, 0.25) is 0 Å². The van der Waals surface area contributed by atoms with Crippen LogP contribution in [0.1, 0.15) is 11.6 Å². The third-order valence-corrected chi connectivity index (χ3v) is 4.30. The molecule has 0 bridgehead atoms. The average Bonchev–Trinajstić information content (AvgIpc) is 2.98. The molecule has 24 heavy (non-hydrogen) atoms. The first kappa shape index (κ1) is 16.2. The summed E-state index contributed by atoms with van der Waals surface area (Å²) in [6.07, 6.45) is 1.67. The van der Waals surface area contributed by atoms with Crippen LogP contribution in [0.3, 0.4) is 0 Å². The lowest BCUT2D eigenvalue weighted by Gasteiger charge is -2.18. The molecule has 7 heteroatoms. The first-order valence-electron chi connectivity index (χ1n) is 7.10. The number of hydrogen-bond donors (Lipinski definition) is 0. The van der Waals surface area contributed by atoms with Gasteiger partial charge in [0.1, 0.15) is 0 Å². The van der Waals surface area contributed by atoms with Gasteiger partial charge < -0.3 is 9.30 Å². The summed E-state index contributed by atoms with van der Waals surface area (Å²) >= 11 is 3.39. The molecule has 1 aromatic heterocycles. The molecule has 0 radical (unpaired) electrons. The zero-order valence-electron chi connectivity index (χ0n) is 12.7. The van der Waals surface area contributed by atoms with Gasteiger partial charge in [0.15, 0.2) is 6.04 Å². The second kappa shape index (κ2) is 6.45. The third-order valence-electron chi connectivity index (χ3n) is 3.80. The van der Waals surface area contributed by atoms with E-state index in [1.807, 2.05) is 24.3 Å². The van der Waals surface area contributed by atoms with Crippen molar-refractivity contribution in [3.05, 3.63) is 74.9 Å². The van der Waals surface area contributed by atoms with E-state index in [4.69, 9.17) is 4.74 Å². The SMILES string of the molecule is COC(=O)C(c1cccc(Br)c1)n1ccc2c([N+](=O)[O-])cccc21. The number of nitro groups is 1. The minimum atomic E-state index is -0.730. The van der Waals surface area contributed by atoms with Gasteiger partial charge in [0.25, 0.3) is 5.69 Å². The predicted molar refractivity (Wildman–Crippen MR) is 92.9 cm³/mol. The number of esters is 1. The lowest BCUT2D eigenvalue weighted by molar-refractivity contribution is -0.383. The second-order valence-electron chi connectivity index (χ2n) is 5.17. The molecular weight excluding hydrogens is 376 g/mol. The fraction of sp³-hybridized carbons (Fsp3) is 0.118. The fourth-order valence-corrected chi connectivity index (χ4v) is 3.17. The molecule has 0 amide bonds. The first-order chi connectivity index (χ1) is 11.5. The number of carbonyl (C=O) groups is 1. The molecule has 0 N–H and O–H groups in total. The van der Waals surface area contributed by atoms with E-state index in [1.54, 1.807) is 29.0 Å². The summed E-state index contributed by atoms with van der Waals surface area (Å²) in [5.41, 5.74) is 1.32. The normalized spacial score (nSPS) is 12.1. The maximum absolute atomic E-state index is 12.4. The summed E-state index contributed by atoms with van der Waals surface area (Å²) in [5.74, 6) is -0.447. The summed E-state index contributed by atoms with van der Waals surface area (Å²) in [6.45, 7) is 0. The highest BCUT2D eigenvalue weighted by Gasteiger charge is 2.26. The summed E-state index contributed by atoms with van der Waals surface area (Å²) in [7, 11) is 1.32. The molecule has 0 spiro atoms. The topological polar surface area (TPSA) is 74.4 Å². The number of hydrogen-bond acceptors (Lipinski definition) is 4. The Morgan fingerprint density at radius 2 is 2.00 bits per heavy atom. The Morgan fingerprint density at radius 1 is 1.25 bits per heavy atom. The van der Waals surface area contributed by atoms with Gasteiger partial charge in [-0.25, -0.2) is 4.79 Å². The number of fused-ring (bicyclic) bond motifs is 1. The minimum Gasteiger partial charge on any atom is -0.467 e. The number of rotatable bonds is 4. The number of ether oxygens (including phenoxy) is 1. The minimum absolute atomic E-state index is 0.00380. The summed E-state index contributed by atoms with van der Waals surface area (Å²) in [6, 6.07) is 13.0. The quantitative estimate of drug-likeness (QED) is 0.383. The van der Waals surface area contributed by atoms with Crippen molar-refractivity contribution in [2.45, 2.75) is 6.04 Å². The number of methoxy groups -OCH3 is 1. The lowest BCUT2D eigenvalue weighted by atomic mass is 10.1. The van der Waals surface area contributed by atoms with E-state index < -0.39 is 16.9 Å². The van der Waals surface area contributed by atoms with Crippen LogP contribution in [0.25, 0.3) is 10.9 Å². The number of non-ortho nitro benzene ring substituents is 1. The molecule has 6 nitrogen and oxygen atoms in total. The first-order valence-corrected chi connectivity index (χ1v) is 7.89. The smallest absolute Gasteiger partial charge is 0.333 e. The van der Waals surface area contributed by atoms with Crippen LogP contribution in [-0.4, -0.2) is 22.6 Å². The van der Waals surface area contributed by atoms with E-state index in [0.717, 1.165) is 10.0 Å². The van der Waals surface area contributed by atoms with Gasteiger partial charge in [-0.15, -0.1) is 0 Å². The Kier molecular flexibility index (Phi) is 4.35. The second-order valence-corrected chi connectivity index (χ2v) is 6.09. The van der Waals surface area contributed by atoms with Crippen molar-refractivity contribution >= 4 is 38.5 Å². The molecule has 0 aliphatic heterocycles. The van der Waals surface area contributed by atoms with E-state index in [9.17, 15) is 14.9 Å². The highest BCUT2D eigenvalue weighted by molar-refractivity contribution is 9.10. The fourth-order valence-electron chi connectivity index (χ4n) is 2.76. The Labute approximate surface area is 145 Å². The van der Waals surface area contributed by atoms with Gasteiger partial charge in [-0.2, -0.15) is 0 Å². The van der Waals surface area contributed by atoms with Crippen molar-refractivity contribution in [1.29, 1.82) is 0 Å². The van der Waals surface area contributed by atoms with Gasteiger partial charge in [-0.1, -0.05) is 34.1 Å². The van der Waals surface area contributed by atoms with Crippen LogP contribution < -0.4 is 0 Å². The predicted octanol–water partition coefficient (Wildman–Crippen LogP) is 4.07. The Hall–Kier alpha value is -2.67. The van der Waals surface area contributed by atoms with Gasteiger partial charge in [0, 0.05) is 16.7 Å². The third kappa shape index (κ3) is 2.78. The van der Waals surface area contributed by atoms with Gasteiger partial charge in [-0.05, 0) is 29.8 Å². The van der Waals surface area contributed by atoms with Crippen LogP contribution in [-0.2, 0) is 9.53 Å². The van der Waals surface area contributed by atoms with Gasteiger partial charge in [-0.3, -0.25) is 10.1 Å². The van der Waals surface area contributed by atoms with Crippen LogP contribution in [0.15, 0.2) is 59.2 Å². The van der Waals surface area contributed by atoms with Crippen molar-refractivity contribution in [3.63, 3.8) is 0 Å². The number of benzene rings is 2. The molecule has 3 aromatic rings. The van der Waals surface area contributed by atoms with Crippen LogP contribution in [0, 0.1) is 10.1 Å². The molecule has 0 aliphatic rings. The molecule has 0 saturated carbocycles. The highest BCUT2D eigenvalue weighted by Crippen LogP contribution is 2.31. The van der Waals surface area contributed by atoms with Gasteiger partial charge in [0.05, 0.1) is 22.9 Å². The molecule has 0 aliphatic carbocycles. The van der Waals surface area contributed by atoms with Crippen molar-refractivity contribution < 1.29 is 14.5 Å². The Morgan fingerprint density at radius 3 is 2.67 bits per heavy atom. The van der Waals surface area contributed by atoms with Crippen LogP contribution in [0.2, 0.25) is 0 Å². The van der Waals surface area contributed by atoms with E-state index in [-0.39, 0.29) is 5.69 Å². The highest BCUT2D eigenvalue weighted by atomic mass is 79.9. The van der Waals surface area contributed by atoms with Crippen LogP contribution >= 0.6 is 15.9 Å². The molecule has 1 unspecified atom stereocenters. The number of carbonyl (C=O) groups excluding carboxylic acids is 1. The van der Waals surface area contributed by atoms with Crippen LogP contribution in [0.4, 0.5) is 5.69 Å². The molecular formula is C17H13BrN2O4. The van der Waals surface area contributed by atoms with E-state index in [2.05, 4.69) is 15.9 Å². The van der Waals surface area contributed by atoms with Crippen molar-refractivity contribution in [2.75, 3.05) is 7.11 Å². The Bertz CT molecular complexity index is 935. The van der Waals surface area contributed by atoms with E-state index in [1.165, 1.54) is 13.2 Å². The van der Waals surface area contributed by atoms with Crippen molar-refractivity contribution in [1.82, 2.24) is 4.57 Å². The van der Waals surface area contributed by atoms with Crippen molar-refractivity contribution in [3.8, 4) is 0 Å². The van der Waals surface area contributed by atoms with Crippen molar-refractivity contribution in [2.24, 2.45) is 0 Å². The number of nitro benzene ring substituents is 1. The number of nitrogens with zero attached hydrogens (tertiary/aromatic N) is 2. The molecule has 1 heterocycles. The van der Waals surface area contributed by atoms with Crippen LogP contribution in [0.5, 0.6) is 0 Å². The van der Waals surface area contributed by atoms with Gasteiger partial charge >= 0.3 is 5.97 Å². The maximum atomic E-state index is 12.4. The standard InChI is InChI=1S/C17H13BrN2O4/c1-24-17(21)16(11-4-2-5-12(18)10-11)19-9-8-13-14(19)6-3-7-15(13)20(22)23/h2-10,16H,1H3. The summed E-state index contributed by atoms with van der Waals surface area (Å²) in [4.78, 5) is 23.2. The average molecular weight is 389 g/mol. The largest absolute Gasteiger partial charge is 0.467 e. The summed E-state index contributed by atoms with van der Waals surface area (Å²) < 4.78 is 7.47. The zero-order chi connectivity index (χ0) is 17.3. The maximum Gasteiger partial charge on any atom is 0.333 e.